The van der Waals surface area contributed by atoms with Gasteiger partial charge in [0.2, 0.25) is 0 Å². The number of carbonyl (C=O) groups is 1. The molecule has 0 bridgehead atoms. The van der Waals surface area contributed by atoms with Crippen LogP contribution in [0.3, 0.4) is 0 Å². The van der Waals surface area contributed by atoms with E-state index in [4.69, 9.17) is 4.74 Å². The molecule has 1 heterocycles. The van der Waals surface area contributed by atoms with Crippen molar-refractivity contribution in [2.75, 3.05) is 12.4 Å². The Morgan fingerprint density at radius 3 is 2.71 bits per heavy atom. The Bertz CT molecular complexity index is 1060. The van der Waals surface area contributed by atoms with Gasteiger partial charge in [0.05, 0.1) is 29.0 Å². The van der Waals surface area contributed by atoms with E-state index in [1.807, 2.05) is 57.2 Å². The van der Waals surface area contributed by atoms with Crippen molar-refractivity contribution in [1.82, 2.24) is 9.55 Å². The van der Waals surface area contributed by atoms with Crippen LogP contribution in [0.15, 0.2) is 52.4 Å². The first-order chi connectivity index (χ1) is 13.5. The van der Waals surface area contributed by atoms with E-state index < -0.39 is 0 Å². The van der Waals surface area contributed by atoms with E-state index in [0.29, 0.717) is 22.7 Å². The Hall–Kier alpha value is -2.60. The first kappa shape index (κ1) is 20.1. The topological polar surface area (TPSA) is 61.2 Å². The molecule has 28 heavy (non-hydrogen) atoms. The lowest BCUT2D eigenvalue weighted by Gasteiger charge is -2.15. The summed E-state index contributed by atoms with van der Waals surface area (Å²) >= 11 is 1.23. The van der Waals surface area contributed by atoms with E-state index in [-0.39, 0.29) is 17.3 Å². The summed E-state index contributed by atoms with van der Waals surface area (Å²) in [5, 5.41) is 1.04. The van der Waals surface area contributed by atoms with Crippen LogP contribution in [-0.4, -0.2) is 27.9 Å². The summed E-state index contributed by atoms with van der Waals surface area (Å²) in [6.45, 7) is 6.45. The van der Waals surface area contributed by atoms with Gasteiger partial charge in [-0.25, -0.2) is 4.98 Å². The number of nitrogens with zero attached hydrogens (tertiary/aromatic N) is 2. The molecule has 0 fully saturated rings. The van der Waals surface area contributed by atoms with Crippen molar-refractivity contribution in [2.24, 2.45) is 0 Å². The third-order valence-electron chi connectivity index (χ3n) is 4.42. The Morgan fingerprint density at radius 2 is 1.96 bits per heavy atom. The van der Waals surface area contributed by atoms with Crippen molar-refractivity contribution in [3.8, 4) is 5.69 Å². The number of aromatic nitrogens is 2. The van der Waals surface area contributed by atoms with Crippen LogP contribution in [0, 0.1) is 13.8 Å². The van der Waals surface area contributed by atoms with Crippen LogP contribution in [0.4, 0.5) is 0 Å². The number of hydrogen-bond donors (Lipinski definition) is 0. The molecule has 3 aromatic rings. The number of para-hydroxylation sites is 1. The molecule has 0 unspecified atom stereocenters. The molecule has 0 saturated carbocycles. The van der Waals surface area contributed by atoms with E-state index in [1.165, 1.54) is 11.8 Å². The highest BCUT2D eigenvalue weighted by molar-refractivity contribution is 7.99. The van der Waals surface area contributed by atoms with Gasteiger partial charge in [-0.15, -0.1) is 0 Å². The van der Waals surface area contributed by atoms with Gasteiger partial charge < -0.3 is 4.74 Å². The van der Waals surface area contributed by atoms with Crippen molar-refractivity contribution in [2.45, 2.75) is 38.8 Å². The lowest BCUT2D eigenvalue weighted by atomic mass is 10.1. The van der Waals surface area contributed by atoms with Gasteiger partial charge in [-0.05, 0) is 44.0 Å². The first-order valence-electron chi connectivity index (χ1n) is 9.39. The zero-order valence-electron chi connectivity index (χ0n) is 16.4. The summed E-state index contributed by atoms with van der Waals surface area (Å²) < 4.78 is 6.83. The molecule has 0 atom stereocenters. The predicted molar refractivity (Wildman–Crippen MR) is 113 cm³/mol. The number of rotatable bonds is 7. The minimum Gasteiger partial charge on any atom is -0.465 e. The van der Waals surface area contributed by atoms with Crippen LogP contribution in [0.25, 0.3) is 16.6 Å². The molecular formula is C22H24N2O3S. The number of hydrogen-bond acceptors (Lipinski definition) is 5. The fraction of sp³-hybridized carbons (Fsp3) is 0.318. The zero-order chi connectivity index (χ0) is 20.1. The molecular weight excluding hydrogens is 372 g/mol. The highest BCUT2D eigenvalue weighted by atomic mass is 32.2. The quantitative estimate of drug-likeness (QED) is 0.256. The number of carbonyl (C=O) groups excluding carboxylic acids is 1. The van der Waals surface area contributed by atoms with Crippen molar-refractivity contribution >= 4 is 28.6 Å². The summed E-state index contributed by atoms with van der Waals surface area (Å²) in [6, 6.07) is 13.2. The van der Waals surface area contributed by atoms with Gasteiger partial charge in [0.1, 0.15) is 0 Å². The van der Waals surface area contributed by atoms with Gasteiger partial charge in [-0.2, -0.15) is 0 Å². The van der Waals surface area contributed by atoms with Gasteiger partial charge in [0, 0.05) is 0 Å². The molecule has 0 radical (unpaired) electrons. The summed E-state index contributed by atoms with van der Waals surface area (Å²) in [7, 11) is 0. The molecule has 146 valence electrons. The fourth-order valence-corrected chi connectivity index (χ4v) is 3.78. The summed E-state index contributed by atoms with van der Waals surface area (Å²) in [4.78, 5) is 29.9. The molecule has 0 N–H and O–H groups in total. The molecule has 3 rings (SSSR count). The smallest absolute Gasteiger partial charge is 0.316 e. The van der Waals surface area contributed by atoms with Crippen molar-refractivity contribution < 1.29 is 9.53 Å². The SMILES string of the molecule is CCCCOC(=O)CSc1nc2ccccc2c(=O)n1-c1ccc(C)cc1C. The van der Waals surface area contributed by atoms with Crippen molar-refractivity contribution in [1.29, 1.82) is 0 Å². The second kappa shape index (κ2) is 9.06. The normalized spacial score (nSPS) is 11.0. The lowest BCUT2D eigenvalue weighted by Crippen LogP contribution is -2.23. The van der Waals surface area contributed by atoms with Gasteiger partial charge in [-0.3, -0.25) is 14.2 Å². The molecule has 0 spiro atoms. The van der Waals surface area contributed by atoms with Crippen LogP contribution < -0.4 is 5.56 Å². The summed E-state index contributed by atoms with van der Waals surface area (Å²) in [6.07, 6.45) is 1.82. The van der Waals surface area contributed by atoms with Crippen LogP contribution in [0.5, 0.6) is 0 Å². The van der Waals surface area contributed by atoms with E-state index >= 15 is 0 Å². The second-order valence-electron chi connectivity index (χ2n) is 6.70. The molecule has 6 heteroatoms. The van der Waals surface area contributed by atoms with E-state index in [0.717, 1.165) is 29.7 Å². The first-order valence-corrected chi connectivity index (χ1v) is 10.4. The minimum absolute atomic E-state index is 0.111. The lowest BCUT2D eigenvalue weighted by molar-refractivity contribution is -0.140. The molecule has 5 nitrogen and oxygen atoms in total. The fourth-order valence-electron chi connectivity index (χ4n) is 2.97. The maximum absolute atomic E-state index is 13.2. The average Bonchev–Trinajstić information content (AvgIpc) is 2.68. The second-order valence-corrected chi connectivity index (χ2v) is 7.65. The zero-order valence-corrected chi connectivity index (χ0v) is 17.2. The Kier molecular flexibility index (Phi) is 6.52. The van der Waals surface area contributed by atoms with E-state index in [9.17, 15) is 9.59 Å². The highest BCUT2D eigenvalue weighted by Gasteiger charge is 2.16. The molecule has 0 saturated heterocycles. The third-order valence-corrected chi connectivity index (χ3v) is 5.33. The van der Waals surface area contributed by atoms with E-state index in [1.54, 1.807) is 10.6 Å². The van der Waals surface area contributed by atoms with Gasteiger partial charge in [0.15, 0.2) is 5.16 Å². The molecule has 0 amide bonds. The predicted octanol–water partition coefficient (Wildman–Crippen LogP) is 4.44. The number of esters is 1. The Balaban J connectivity index is 2.02. The van der Waals surface area contributed by atoms with Gasteiger partial charge in [-0.1, -0.05) is 54.9 Å². The Morgan fingerprint density at radius 1 is 1.18 bits per heavy atom. The molecule has 2 aromatic carbocycles. The molecule has 0 aliphatic rings. The number of thioether (sulfide) groups is 1. The largest absolute Gasteiger partial charge is 0.465 e. The summed E-state index contributed by atoms with van der Waals surface area (Å²) in [5.74, 6) is -0.188. The van der Waals surface area contributed by atoms with Gasteiger partial charge in [0.25, 0.3) is 5.56 Å². The van der Waals surface area contributed by atoms with Crippen molar-refractivity contribution in [3.05, 3.63) is 63.9 Å². The van der Waals surface area contributed by atoms with Crippen LogP contribution in [-0.2, 0) is 9.53 Å². The monoisotopic (exact) mass is 396 g/mol. The van der Waals surface area contributed by atoms with Crippen LogP contribution in [0.2, 0.25) is 0 Å². The third kappa shape index (κ3) is 4.44. The number of unbranched alkanes of at least 4 members (excludes halogenated alkanes) is 1. The molecule has 1 aromatic heterocycles. The average molecular weight is 397 g/mol. The van der Waals surface area contributed by atoms with Crippen LogP contribution in [0.1, 0.15) is 30.9 Å². The van der Waals surface area contributed by atoms with Crippen molar-refractivity contribution in [3.63, 3.8) is 0 Å². The minimum atomic E-state index is -0.298. The van der Waals surface area contributed by atoms with Crippen LogP contribution >= 0.6 is 11.8 Å². The van der Waals surface area contributed by atoms with Gasteiger partial charge >= 0.3 is 5.97 Å². The number of benzene rings is 2. The maximum atomic E-state index is 13.2. The molecule has 0 aliphatic heterocycles. The number of fused-ring (bicyclic) bond motifs is 1. The molecule has 0 aliphatic carbocycles. The number of aryl methyl sites for hydroxylation is 2. The van der Waals surface area contributed by atoms with E-state index in [2.05, 4.69) is 4.98 Å². The maximum Gasteiger partial charge on any atom is 0.316 e. The highest BCUT2D eigenvalue weighted by Crippen LogP contribution is 2.23. The number of ether oxygens (including phenoxy) is 1. The standard InChI is InChI=1S/C22H24N2O3S/c1-4-5-12-27-20(25)14-28-22-23-18-9-7-6-8-17(18)21(26)24(22)19-11-10-15(2)13-16(19)3/h6-11,13H,4-5,12,14H2,1-3H3. The Labute approximate surface area is 168 Å². The summed E-state index contributed by atoms with van der Waals surface area (Å²) in [5.41, 5.74) is 3.36.